The van der Waals surface area contributed by atoms with Crippen LogP contribution < -0.4 is 21.5 Å². The van der Waals surface area contributed by atoms with Gasteiger partial charge in [-0.3, -0.25) is 19.8 Å². The molecule has 8 heteroatoms. The number of nitrogens with one attached hydrogen (secondary N) is 2. The zero-order chi connectivity index (χ0) is 19.6. The number of aryl methyl sites for hydroxylation is 1. The van der Waals surface area contributed by atoms with E-state index >= 15 is 0 Å². The minimum atomic E-state index is -0.689. The van der Waals surface area contributed by atoms with Crippen LogP contribution in [0.4, 0.5) is 15.8 Å². The molecule has 0 unspecified atom stereocenters. The van der Waals surface area contributed by atoms with Gasteiger partial charge >= 0.3 is 0 Å². The number of hydrazine groups is 1. The average Bonchev–Trinajstić information content (AvgIpc) is 3.48. The first-order valence-electron chi connectivity index (χ1n) is 8.40. The molecule has 7 nitrogen and oxygen atoms in total. The summed E-state index contributed by atoms with van der Waals surface area (Å²) < 4.78 is 14.4. The Morgan fingerprint density at radius 3 is 2.59 bits per heavy atom. The topological polar surface area (TPSA) is 105 Å². The molecule has 0 bridgehead atoms. The molecule has 1 aliphatic rings. The van der Waals surface area contributed by atoms with Crippen LogP contribution in [0.5, 0.6) is 0 Å². The third kappa shape index (κ3) is 3.95. The van der Waals surface area contributed by atoms with E-state index < -0.39 is 17.6 Å². The number of amides is 3. The van der Waals surface area contributed by atoms with Crippen LogP contribution in [0.1, 0.15) is 39.1 Å². The normalized spacial score (nSPS) is 13.0. The second kappa shape index (κ2) is 7.55. The number of nitrogens with zero attached hydrogens (tertiary/aromatic N) is 1. The summed E-state index contributed by atoms with van der Waals surface area (Å²) >= 11 is 0. The van der Waals surface area contributed by atoms with Gasteiger partial charge < -0.3 is 10.2 Å². The van der Waals surface area contributed by atoms with Crippen molar-refractivity contribution in [3.63, 3.8) is 0 Å². The summed E-state index contributed by atoms with van der Waals surface area (Å²) in [5.74, 6) is 3.22. The number of benzene rings is 2. The van der Waals surface area contributed by atoms with E-state index in [0.29, 0.717) is 23.3 Å². The molecule has 1 aliphatic carbocycles. The molecule has 0 radical (unpaired) electrons. The van der Waals surface area contributed by atoms with E-state index in [1.54, 1.807) is 19.1 Å². The molecule has 0 heterocycles. The quantitative estimate of drug-likeness (QED) is 0.313. The summed E-state index contributed by atoms with van der Waals surface area (Å²) in [5, 5.41) is 2.56. The number of nitrogen functional groups attached to an aromatic ring is 1. The number of carbonyl (C=O) groups excluding carboxylic acids is 3. The molecule has 1 fully saturated rings. The molecule has 0 spiro atoms. The van der Waals surface area contributed by atoms with Crippen LogP contribution in [0.25, 0.3) is 0 Å². The highest BCUT2D eigenvalue weighted by Crippen LogP contribution is 2.33. The van der Waals surface area contributed by atoms with Crippen LogP contribution in [-0.4, -0.2) is 24.3 Å². The summed E-state index contributed by atoms with van der Waals surface area (Å²) in [7, 11) is 0. The number of halogens is 1. The molecule has 27 heavy (non-hydrogen) atoms. The largest absolute Gasteiger partial charge is 0.322 e. The van der Waals surface area contributed by atoms with Gasteiger partial charge in [0.25, 0.3) is 11.8 Å². The Morgan fingerprint density at radius 2 is 1.96 bits per heavy atom. The van der Waals surface area contributed by atoms with E-state index in [-0.39, 0.29) is 17.2 Å². The van der Waals surface area contributed by atoms with Gasteiger partial charge in [-0.2, -0.15) is 0 Å². The molecular weight excluding hydrogens is 351 g/mol. The van der Waals surface area contributed by atoms with Crippen molar-refractivity contribution in [2.75, 3.05) is 10.2 Å². The van der Waals surface area contributed by atoms with Crippen LogP contribution in [0.3, 0.4) is 0 Å². The molecule has 0 saturated heterocycles. The molecule has 2 aromatic carbocycles. The molecule has 0 aliphatic heterocycles. The SMILES string of the molecule is Cc1cc(F)c(C(=O)Nc2cccc(C(=O)NN)c2)cc1N(C=O)C1CC1. The fourth-order valence-electron chi connectivity index (χ4n) is 2.83. The van der Waals surface area contributed by atoms with E-state index in [0.717, 1.165) is 12.8 Å². The van der Waals surface area contributed by atoms with Gasteiger partial charge in [0.1, 0.15) is 5.82 Å². The van der Waals surface area contributed by atoms with E-state index in [4.69, 9.17) is 5.84 Å². The first kappa shape index (κ1) is 18.5. The highest BCUT2D eigenvalue weighted by molar-refractivity contribution is 6.06. The third-order valence-electron chi connectivity index (χ3n) is 4.38. The van der Waals surface area contributed by atoms with Crippen molar-refractivity contribution < 1.29 is 18.8 Å². The van der Waals surface area contributed by atoms with Crippen molar-refractivity contribution in [3.05, 3.63) is 58.9 Å². The molecule has 0 atom stereocenters. The van der Waals surface area contributed by atoms with Crippen molar-refractivity contribution in [2.24, 2.45) is 5.84 Å². The maximum atomic E-state index is 14.4. The second-order valence-corrected chi connectivity index (χ2v) is 6.37. The molecular formula is C19H19FN4O3. The molecule has 4 N–H and O–H groups in total. The summed E-state index contributed by atoms with van der Waals surface area (Å²) in [6.07, 6.45) is 2.47. The number of rotatable bonds is 6. The molecule has 3 rings (SSSR count). The maximum Gasteiger partial charge on any atom is 0.265 e. The standard InChI is InChI=1S/C19H19FN4O3/c1-11-7-16(20)15(9-17(11)24(10-25)14-5-6-14)19(27)22-13-4-2-3-12(8-13)18(26)23-21/h2-4,7-10,14H,5-6,21H2,1H3,(H,22,27)(H,23,26). The third-order valence-corrected chi connectivity index (χ3v) is 4.38. The molecule has 0 aromatic heterocycles. The van der Waals surface area contributed by atoms with Crippen molar-refractivity contribution in [1.29, 1.82) is 0 Å². The Labute approximate surface area is 155 Å². The number of hydrogen-bond acceptors (Lipinski definition) is 4. The predicted molar refractivity (Wildman–Crippen MR) is 98.8 cm³/mol. The lowest BCUT2D eigenvalue weighted by Crippen LogP contribution is -2.30. The van der Waals surface area contributed by atoms with Crippen LogP contribution in [0.2, 0.25) is 0 Å². The maximum absolute atomic E-state index is 14.4. The molecule has 2 aromatic rings. The minimum absolute atomic E-state index is 0.0917. The summed E-state index contributed by atoms with van der Waals surface area (Å²) in [5.41, 5.74) is 3.47. The van der Waals surface area contributed by atoms with Gasteiger partial charge in [0, 0.05) is 23.0 Å². The van der Waals surface area contributed by atoms with Gasteiger partial charge in [-0.1, -0.05) is 6.07 Å². The van der Waals surface area contributed by atoms with Gasteiger partial charge in [-0.05, 0) is 55.7 Å². The first-order valence-corrected chi connectivity index (χ1v) is 8.40. The van der Waals surface area contributed by atoms with Crippen LogP contribution in [-0.2, 0) is 4.79 Å². The Morgan fingerprint density at radius 1 is 1.22 bits per heavy atom. The predicted octanol–water partition coefficient (Wildman–Crippen LogP) is 2.12. The lowest BCUT2D eigenvalue weighted by Gasteiger charge is -2.20. The fraction of sp³-hybridized carbons (Fsp3) is 0.211. The monoisotopic (exact) mass is 370 g/mol. The Kier molecular flexibility index (Phi) is 5.18. The van der Waals surface area contributed by atoms with E-state index in [2.05, 4.69) is 5.32 Å². The zero-order valence-corrected chi connectivity index (χ0v) is 14.7. The van der Waals surface area contributed by atoms with Gasteiger partial charge in [0.2, 0.25) is 6.41 Å². The van der Waals surface area contributed by atoms with Gasteiger partial charge in [-0.15, -0.1) is 0 Å². The van der Waals surface area contributed by atoms with Gasteiger partial charge in [0.15, 0.2) is 0 Å². The highest BCUT2D eigenvalue weighted by Gasteiger charge is 2.31. The number of nitrogens with two attached hydrogens (primary N) is 1. The number of anilines is 2. The fourth-order valence-corrected chi connectivity index (χ4v) is 2.83. The van der Waals surface area contributed by atoms with Gasteiger partial charge in [-0.25, -0.2) is 10.2 Å². The Bertz CT molecular complexity index is 912. The summed E-state index contributed by atoms with van der Waals surface area (Å²) in [6, 6.07) is 8.80. The van der Waals surface area contributed by atoms with Crippen molar-refractivity contribution in [3.8, 4) is 0 Å². The zero-order valence-electron chi connectivity index (χ0n) is 14.7. The molecule has 3 amide bonds. The molecule has 140 valence electrons. The Balaban J connectivity index is 1.88. The highest BCUT2D eigenvalue weighted by atomic mass is 19.1. The van der Waals surface area contributed by atoms with E-state index in [1.165, 1.54) is 29.2 Å². The second-order valence-electron chi connectivity index (χ2n) is 6.37. The summed E-state index contributed by atoms with van der Waals surface area (Å²) in [4.78, 5) is 37.1. The minimum Gasteiger partial charge on any atom is -0.322 e. The van der Waals surface area contributed by atoms with Gasteiger partial charge in [0.05, 0.1) is 5.56 Å². The van der Waals surface area contributed by atoms with Crippen LogP contribution in [0.15, 0.2) is 36.4 Å². The van der Waals surface area contributed by atoms with Crippen molar-refractivity contribution in [2.45, 2.75) is 25.8 Å². The lowest BCUT2D eigenvalue weighted by molar-refractivity contribution is -0.107. The smallest absolute Gasteiger partial charge is 0.265 e. The lowest BCUT2D eigenvalue weighted by atomic mass is 10.1. The number of hydrogen-bond donors (Lipinski definition) is 3. The van der Waals surface area contributed by atoms with Crippen LogP contribution >= 0.6 is 0 Å². The Hall–Kier alpha value is -3.26. The van der Waals surface area contributed by atoms with E-state index in [1.807, 2.05) is 5.43 Å². The molecule has 1 saturated carbocycles. The van der Waals surface area contributed by atoms with Crippen molar-refractivity contribution in [1.82, 2.24) is 5.43 Å². The van der Waals surface area contributed by atoms with E-state index in [9.17, 15) is 18.8 Å². The first-order chi connectivity index (χ1) is 12.9. The summed E-state index contributed by atoms with van der Waals surface area (Å²) in [6.45, 7) is 1.69. The number of carbonyl (C=O) groups is 3. The van der Waals surface area contributed by atoms with Crippen molar-refractivity contribution >= 4 is 29.6 Å². The van der Waals surface area contributed by atoms with Crippen LogP contribution in [0, 0.1) is 12.7 Å². The average molecular weight is 370 g/mol.